The van der Waals surface area contributed by atoms with Crippen molar-refractivity contribution < 1.29 is 14.3 Å². The number of amides is 1. The van der Waals surface area contributed by atoms with Crippen molar-refractivity contribution >= 4 is 29.3 Å². The normalized spacial score (nSPS) is 9.76. The minimum atomic E-state index is -0.295. The van der Waals surface area contributed by atoms with Crippen molar-refractivity contribution in [2.75, 3.05) is 17.7 Å². The molecule has 1 aromatic rings. The summed E-state index contributed by atoms with van der Waals surface area (Å²) in [6.45, 7) is 3.54. The van der Waals surface area contributed by atoms with E-state index in [-0.39, 0.29) is 17.6 Å². The van der Waals surface area contributed by atoms with Gasteiger partial charge in [-0.25, -0.2) is 4.98 Å². The smallest absolute Gasteiger partial charge is 0.316 e. The second-order valence-electron chi connectivity index (χ2n) is 3.13. The molecule has 0 saturated heterocycles. The van der Waals surface area contributed by atoms with E-state index in [1.54, 1.807) is 25.3 Å². The lowest BCUT2D eigenvalue weighted by molar-refractivity contribution is -0.139. The fourth-order valence-electron chi connectivity index (χ4n) is 1.12. The van der Waals surface area contributed by atoms with Gasteiger partial charge in [-0.3, -0.25) is 9.59 Å². The molecule has 92 valence electrons. The Bertz CT molecular complexity index is 409. The molecule has 1 heterocycles. The number of aromatic nitrogens is 1. The number of thioether (sulfide) groups is 1. The van der Waals surface area contributed by atoms with Crippen LogP contribution in [0.15, 0.2) is 23.4 Å². The molecule has 0 radical (unpaired) electrons. The largest absolute Gasteiger partial charge is 0.465 e. The Morgan fingerprint density at radius 2 is 2.29 bits per heavy atom. The van der Waals surface area contributed by atoms with Gasteiger partial charge in [0.05, 0.1) is 18.0 Å². The molecule has 0 aliphatic rings. The first-order valence-corrected chi connectivity index (χ1v) is 6.13. The van der Waals surface area contributed by atoms with Crippen molar-refractivity contribution in [1.29, 1.82) is 0 Å². The van der Waals surface area contributed by atoms with Crippen LogP contribution < -0.4 is 5.32 Å². The molecule has 1 N–H and O–H groups in total. The zero-order valence-electron chi connectivity index (χ0n) is 9.73. The molecule has 0 unspecified atom stereocenters. The summed E-state index contributed by atoms with van der Waals surface area (Å²) in [6.07, 6.45) is 1.61. The number of anilines is 1. The maximum absolute atomic E-state index is 11.2. The Balaban J connectivity index is 2.63. The van der Waals surface area contributed by atoms with Gasteiger partial charge >= 0.3 is 5.97 Å². The van der Waals surface area contributed by atoms with Crippen LogP contribution in [0.5, 0.6) is 0 Å². The van der Waals surface area contributed by atoms with E-state index in [9.17, 15) is 9.59 Å². The van der Waals surface area contributed by atoms with Gasteiger partial charge in [0.25, 0.3) is 0 Å². The topological polar surface area (TPSA) is 68.3 Å². The van der Waals surface area contributed by atoms with E-state index in [1.165, 1.54) is 18.7 Å². The number of carbonyl (C=O) groups excluding carboxylic acids is 2. The van der Waals surface area contributed by atoms with Gasteiger partial charge in [-0.05, 0) is 19.1 Å². The lowest BCUT2D eigenvalue weighted by Crippen LogP contribution is -2.09. The molecule has 0 aromatic carbocycles. The highest BCUT2D eigenvalue weighted by atomic mass is 32.2. The maximum atomic E-state index is 11.2. The Labute approximate surface area is 104 Å². The molecule has 1 rings (SSSR count). The van der Waals surface area contributed by atoms with Gasteiger partial charge < -0.3 is 10.1 Å². The average molecular weight is 254 g/mol. The highest BCUT2D eigenvalue weighted by Gasteiger charge is 2.08. The van der Waals surface area contributed by atoms with Crippen LogP contribution in [-0.2, 0) is 14.3 Å². The molecule has 0 saturated carbocycles. The predicted molar refractivity (Wildman–Crippen MR) is 65.9 cm³/mol. The number of hydrogen-bond acceptors (Lipinski definition) is 5. The molecule has 1 amide bonds. The summed E-state index contributed by atoms with van der Waals surface area (Å²) < 4.78 is 4.81. The zero-order valence-corrected chi connectivity index (χ0v) is 10.5. The molecular weight excluding hydrogens is 240 g/mol. The van der Waals surface area contributed by atoms with E-state index in [2.05, 4.69) is 10.3 Å². The third-order valence-electron chi connectivity index (χ3n) is 1.71. The van der Waals surface area contributed by atoms with Gasteiger partial charge in [-0.2, -0.15) is 0 Å². The Kier molecular flexibility index (Phi) is 5.48. The first-order chi connectivity index (χ1) is 8.13. The second kappa shape index (κ2) is 6.90. The summed E-state index contributed by atoms with van der Waals surface area (Å²) in [7, 11) is 0. The number of ether oxygens (including phenoxy) is 1. The summed E-state index contributed by atoms with van der Waals surface area (Å²) in [5.41, 5.74) is 0.606. The SMILES string of the molecule is CCOC(=O)CSc1ncccc1NC(C)=O. The lowest BCUT2D eigenvalue weighted by atomic mass is 10.4. The van der Waals surface area contributed by atoms with Gasteiger partial charge in [0, 0.05) is 13.1 Å². The lowest BCUT2D eigenvalue weighted by Gasteiger charge is -2.07. The van der Waals surface area contributed by atoms with Gasteiger partial charge in [-0.1, -0.05) is 11.8 Å². The third-order valence-corrected chi connectivity index (χ3v) is 2.69. The summed E-state index contributed by atoms with van der Waals surface area (Å²) in [5.74, 6) is -0.287. The minimum Gasteiger partial charge on any atom is -0.465 e. The standard InChI is InChI=1S/C11H14N2O3S/c1-3-16-10(15)7-17-11-9(13-8(2)14)5-4-6-12-11/h4-6H,3,7H2,1-2H3,(H,13,14). The van der Waals surface area contributed by atoms with Crippen LogP contribution in [0.4, 0.5) is 5.69 Å². The highest BCUT2D eigenvalue weighted by molar-refractivity contribution is 8.00. The Morgan fingerprint density at radius 1 is 1.53 bits per heavy atom. The minimum absolute atomic E-state index is 0.170. The molecule has 5 nitrogen and oxygen atoms in total. The Morgan fingerprint density at radius 3 is 2.94 bits per heavy atom. The van der Waals surface area contributed by atoms with Crippen molar-refractivity contribution in [3.63, 3.8) is 0 Å². The monoisotopic (exact) mass is 254 g/mol. The van der Waals surface area contributed by atoms with Gasteiger partial charge in [0.2, 0.25) is 5.91 Å². The van der Waals surface area contributed by atoms with E-state index in [0.29, 0.717) is 17.3 Å². The van der Waals surface area contributed by atoms with Crippen LogP contribution in [0.1, 0.15) is 13.8 Å². The zero-order chi connectivity index (χ0) is 12.7. The van der Waals surface area contributed by atoms with Crippen molar-refractivity contribution in [2.24, 2.45) is 0 Å². The summed E-state index contributed by atoms with van der Waals surface area (Å²) >= 11 is 1.24. The molecule has 0 bridgehead atoms. The van der Waals surface area contributed by atoms with E-state index in [0.717, 1.165) is 0 Å². The van der Waals surface area contributed by atoms with E-state index >= 15 is 0 Å². The average Bonchev–Trinajstić information content (AvgIpc) is 2.27. The molecular formula is C11H14N2O3S. The number of nitrogens with one attached hydrogen (secondary N) is 1. The van der Waals surface area contributed by atoms with Crippen molar-refractivity contribution in [2.45, 2.75) is 18.9 Å². The number of nitrogens with zero attached hydrogens (tertiary/aromatic N) is 1. The molecule has 0 spiro atoms. The molecule has 0 fully saturated rings. The van der Waals surface area contributed by atoms with Gasteiger partial charge in [-0.15, -0.1) is 0 Å². The molecule has 0 atom stereocenters. The number of hydrogen-bond donors (Lipinski definition) is 1. The first kappa shape index (κ1) is 13.5. The third kappa shape index (κ3) is 4.86. The summed E-state index contributed by atoms with van der Waals surface area (Å²) in [5, 5.41) is 3.26. The summed E-state index contributed by atoms with van der Waals surface area (Å²) in [4.78, 5) is 26.3. The quantitative estimate of drug-likeness (QED) is 0.639. The van der Waals surface area contributed by atoms with Crippen LogP contribution >= 0.6 is 11.8 Å². The number of rotatable bonds is 5. The maximum Gasteiger partial charge on any atom is 0.316 e. The highest BCUT2D eigenvalue weighted by Crippen LogP contribution is 2.24. The van der Waals surface area contributed by atoms with Crippen LogP contribution in [0, 0.1) is 0 Å². The fourth-order valence-corrected chi connectivity index (χ4v) is 1.87. The van der Waals surface area contributed by atoms with Crippen molar-refractivity contribution in [3.05, 3.63) is 18.3 Å². The molecule has 0 aliphatic heterocycles. The number of pyridine rings is 1. The van der Waals surface area contributed by atoms with Crippen LogP contribution in [0.3, 0.4) is 0 Å². The van der Waals surface area contributed by atoms with Crippen LogP contribution in [-0.4, -0.2) is 29.2 Å². The molecule has 6 heteroatoms. The fraction of sp³-hybridized carbons (Fsp3) is 0.364. The van der Waals surface area contributed by atoms with Crippen molar-refractivity contribution in [1.82, 2.24) is 4.98 Å². The van der Waals surface area contributed by atoms with Crippen LogP contribution in [0.2, 0.25) is 0 Å². The molecule has 17 heavy (non-hydrogen) atoms. The first-order valence-electron chi connectivity index (χ1n) is 5.14. The van der Waals surface area contributed by atoms with E-state index < -0.39 is 0 Å². The van der Waals surface area contributed by atoms with Gasteiger partial charge in [0.15, 0.2) is 0 Å². The number of esters is 1. The second-order valence-corrected chi connectivity index (χ2v) is 4.10. The summed E-state index contributed by atoms with van der Waals surface area (Å²) in [6, 6.07) is 3.46. The number of carbonyl (C=O) groups is 2. The predicted octanol–water partition coefficient (Wildman–Crippen LogP) is 1.70. The van der Waals surface area contributed by atoms with Gasteiger partial charge in [0.1, 0.15) is 5.03 Å². The van der Waals surface area contributed by atoms with E-state index in [1.807, 2.05) is 0 Å². The molecule has 0 aliphatic carbocycles. The van der Waals surface area contributed by atoms with Crippen molar-refractivity contribution in [3.8, 4) is 0 Å². The Hall–Kier alpha value is -1.56. The molecule has 1 aromatic heterocycles. The van der Waals surface area contributed by atoms with E-state index in [4.69, 9.17) is 4.74 Å². The van der Waals surface area contributed by atoms with Crippen LogP contribution in [0.25, 0.3) is 0 Å².